The molecule has 152 valence electrons. The van der Waals surface area contributed by atoms with Crippen LogP contribution in [0, 0.1) is 6.92 Å². The maximum atomic E-state index is 12.8. The van der Waals surface area contributed by atoms with Crippen molar-refractivity contribution in [3.8, 4) is 0 Å². The molecule has 0 amide bonds. The largest absolute Gasteiger partial charge is 0.422 e. The molecule has 2 heteroatoms. The summed E-state index contributed by atoms with van der Waals surface area (Å²) in [7, 11) is 0. The number of hydrogen-bond donors (Lipinski definition) is 0. The van der Waals surface area contributed by atoms with E-state index < -0.39 is 0 Å². The molecule has 0 radical (unpaired) electrons. The summed E-state index contributed by atoms with van der Waals surface area (Å²) < 4.78 is 5.68. The van der Waals surface area contributed by atoms with Gasteiger partial charge < -0.3 is 4.74 Å². The van der Waals surface area contributed by atoms with Gasteiger partial charge in [0.15, 0.2) is 0 Å². The van der Waals surface area contributed by atoms with E-state index in [9.17, 15) is 4.79 Å². The predicted molar refractivity (Wildman–Crippen MR) is 132 cm³/mol. The van der Waals surface area contributed by atoms with Gasteiger partial charge in [0, 0.05) is 5.56 Å². The molecule has 0 spiro atoms. The zero-order chi connectivity index (χ0) is 21.7. The number of ether oxygens (including phenoxy) is 1. The third-order valence-electron chi connectivity index (χ3n) is 6.12. The van der Waals surface area contributed by atoms with Gasteiger partial charge >= 0.3 is 5.97 Å². The van der Waals surface area contributed by atoms with Gasteiger partial charge in [-0.2, -0.15) is 0 Å². The number of carbonyl (C=O) groups is 1. The molecule has 6 rings (SSSR count). The lowest BCUT2D eigenvalue weighted by molar-refractivity contribution is -0.130. The maximum Gasteiger partial charge on any atom is 0.343 e. The van der Waals surface area contributed by atoms with Crippen molar-refractivity contribution in [1.82, 2.24) is 0 Å². The number of hydrogen-bond acceptors (Lipinski definition) is 2. The molecule has 0 saturated carbocycles. The minimum Gasteiger partial charge on any atom is -0.422 e. The number of fused-ring (bicyclic) bond motifs is 3. The molecule has 1 heterocycles. The Morgan fingerprint density at radius 2 is 1.34 bits per heavy atom. The van der Waals surface area contributed by atoms with Crippen LogP contribution < -0.4 is 0 Å². The Morgan fingerprint density at radius 1 is 0.688 bits per heavy atom. The molecule has 1 aliphatic heterocycles. The van der Waals surface area contributed by atoms with Gasteiger partial charge in [-0.3, -0.25) is 0 Å². The van der Waals surface area contributed by atoms with Gasteiger partial charge in [0.25, 0.3) is 0 Å². The van der Waals surface area contributed by atoms with Gasteiger partial charge in [-0.25, -0.2) is 4.79 Å². The molecule has 0 bridgehead atoms. The summed E-state index contributed by atoms with van der Waals surface area (Å²) in [4.78, 5) is 12.8. The zero-order valence-corrected chi connectivity index (χ0v) is 17.6. The summed E-state index contributed by atoms with van der Waals surface area (Å²) in [6.07, 6.45) is 3.82. The van der Waals surface area contributed by atoms with Crippen LogP contribution in [0.4, 0.5) is 0 Å². The number of aryl methyl sites for hydroxylation is 1. The first-order valence-electron chi connectivity index (χ1n) is 10.7. The van der Waals surface area contributed by atoms with Crippen LogP contribution in [-0.2, 0) is 9.53 Å². The summed E-state index contributed by atoms with van der Waals surface area (Å²) in [6.45, 7) is 2.09. The highest BCUT2D eigenvalue weighted by Gasteiger charge is 2.23. The molecule has 5 aromatic carbocycles. The van der Waals surface area contributed by atoms with Crippen LogP contribution in [0.5, 0.6) is 0 Å². The smallest absolute Gasteiger partial charge is 0.343 e. The molecule has 0 aromatic heterocycles. The Kier molecular flexibility index (Phi) is 4.19. The van der Waals surface area contributed by atoms with E-state index in [1.54, 1.807) is 0 Å². The number of rotatable bonds is 2. The molecule has 0 fully saturated rings. The van der Waals surface area contributed by atoms with E-state index in [1.807, 2.05) is 42.5 Å². The minimum absolute atomic E-state index is 0.319. The molecule has 2 nitrogen and oxygen atoms in total. The van der Waals surface area contributed by atoms with Gasteiger partial charge in [-0.1, -0.05) is 84.4 Å². The maximum absolute atomic E-state index is 12.8. The molecular formula is C30H20O2. The third-order valence-corrected chi connectivity index (χ3v) is 6.12. The molecule has 0 N–H and O–H groups in total. The van der Waals surface area contributed by atoms with Crippen LogP contribution in [0.1, 0.15) is 16.7 Å². The highest BCUT2D eigenvalue weighted by molar-refractivity contribution is 6.12. The lowest BCUT2D eigenvalue weighted by Gasteiger charge is -2.08. The second-order valence-corrected chi connectivity index (χ2v) is 8.30. The van der Waals surface area contributed by atoms with E-state index >= 15 is 0 Å². The Labute approximate surface area is 186 Å². The number of benzene rings is 5. The molecule has 1 aliphatic rings. The normalized spacial score (nSPS) is 15.0. The summed E-state index contributed by atoms with van der Waals surface area (Å²) in [5.74, 6) is 0.272. The van der Waals surface area contributed by atoms with Crippen molar-refractivity contribution in [2.24, 2.45) is 0 Å². The van der Waals surface area contributed by atoms with Crippen molar-refractivity contribution in [3.63, 3.8) is 0 Å². The highest BCUT2D eigenvalue weighted by atomic mass is 16.5. The minimum atomic E-state index is -0.319. The molecule has 0 aliphatic carbocycles. The molecule has 0 atom stereocenters. The van der Waals surface area contributed by atoms with Crippen molar-refractivity contribution in [2.45, 2.75) is 6.92 Å². The van der Waals surface area contributed by atoms with E-state index in [0.29, 0.717) is 11.3 Å². The summed E-state index contributed by atoms with van der Waals surface area (Å²) in [5, 5.41) is 6.85. The quantitative estimate of drug-likeness (QED) is 0.171. The monoisotopic (exact) mass is 412 g/mol. The Hall–Kier alpha value is -4.17. The predicted octanol–water partition coefficient (Wildman–Crippen LogP) is 7.44. The van der Waals surface area contributed by atoms with E-state index in [4.69, 9.17) is 4.74 Å². The first-order chi connectivity index (χ1) is 15.7. The van der Waals surface area contributed by atoms with Crippen LogP contribution in [0.25, 0.3) is 44.2 Å². The highest BCUT2D eigenvalue weighted by Crippen LogP contribution is 2.34. The molecule has 0 saturated heterocycles. The van der Waals surface area contributed by atoms with E-state index in [0.717, 1.165) is 38.1 Å². The fourth-order valence-electron chi connectivity index (χ4n) is 4.51. The van der Waals surface area contributed by atoms with Crippen LogP contribution in [0.3, 0.4) is 0 Å². The summed E-state index contributed by atoms with van der Waals surface area (Å²) >= 11 is 0. The van der Waals surface area contributed by atoms with Gasteiger partial charge in [0.1, 0.15) is 5.76 Å². The molecule has 0 unspecified atom stereocenters. The number of carbonyl (C=O) groups excluding carboxylic acids is 1. The van der Waals surface area contributed by atoms with Crippen molar-refractivity contribution in [3.05, 3.63) is 119 Å². The van der Waals surface area contributed by atoms with Crippen LogP contribution in [-0.4, -0.2) is 5.97 Å². The fourth-order valence-corrected chi connectivity index (χ4v) is 4.51. The lowest BCUT2D eigenvalue weighted by atomic mass is 9.95. The van der Waals surface area contributed by atoms with Crippen molar-refractivity contribution in [1.29, 1.82) is 0 Å². The second kappa shape index (κ2) is 7.21. The average Bonchev–Trinajstić information content (AvgIpc) is 3.18. The van der Waals surface area contributed by atoms with Crippen molar-refractivity contribution in [2.75, 3.05) is 0 Å². The van der Waals surface area contributed by atoms with Gasteiger partial charge in [0.05, 0.1) is 5.57 Å². The average molecular weight is 412 g/mol. The van der Waals surface area contributed by atoms with Crippen LogP contribution in [0.2, 0.25) is 0 Å². The zero-order valence-electron chi connectivity index (χ0n) is 17.6. The van der Waals surface area contributed by atoms with E-state index in [1.165, 1.54) is 10.9 Å². The number of esters is 1. The van der Waals surface area contributed by atoms with E-state index in [2.05, 4.69) is 67.6 Å². The fraction of sp³-hybridized carbons (Fsp3) is 0.0333. The standard InChI is InChI=1S/C30H20O2/c1-19-10-11-21-15-24(13-12-20(21)14-19)29-18-25(30(31)32-29)17-28-26-8-4-2-6-22(26)16-23-7-3-5-9-27(23)28/h2-18H,1H3/b25-17+. The summed E-state index contributed by atoms with van der Waals surface area (Å²) in [5.41, 5.74) is 3.73. The van der Waals surface area contributed by atoms with Crippen LogP contribution in [0.15, 0.2) is 103 Å². The second-order valence-electron chi connectivity index (χ2n) is 8.30. The van der Waals surface area contributed by atoms with Gasteiger partial charge in [-0.15, -0.1) is 0 Å². The molecule has 32 heavy (non-hydrogen) atoms. The van der Waals surface area contributed by atoms with E-state index in [-0.39, 0.29) is 5.97 Å². The first-order valence-corrected chi connectivity index (χ1v) is 10.7. The summed E-state index contributed by atoms with van der Waals surface area (Å²) in [6, 6.07) is 31.3. The SMILES string of the molecule is Cc1ccc2cc(C3=C/C(=C\c4c5ccccc5cc5ccccc45)C(=O)O3)ccc2c1. The number of cyclic esters (lactones) is 1. The van der Waals surface area contributed by atoms with Gasteiger partial charge in [0.2, 0.25) is 0 Å². The van der Waals surface area contributed by atoms with Crippen LogP contribution >= 0.6 is 0 Å². The Bertz CT molecular complexity index is 1570. The third kappa shape index (κ3) is 3.09. The first kappa shape index (κ1) is 18.6. The molecule has 5 aromatic rings. The van der Waals surface area contributed by atoms with Gasteiger partial charge in [-0.05, 0) is 69.1 Å². The van der Waals surface area contributed by atoms with Crippen molar-refractivity contribution >= 4 is 50.1 Å². The Balaban J connectivity index is 1.50. The Morgan fingerprint density at radius 3 is 2.09 bits per heavy atom. The van der Waals surface area contributed by atoms with Crippen molar-refractivity contribution < 1.29 is 9.53 Å². The topological polar surface area (TPSA) is 26.3 Å². The molecular weight excluding hydrogens is 392 g/mol. The lowest BCUT2D eigenvalue weighted by Crippen LogP contribution is -1.97.